The van der Waals surface area contributed by atoms with E-state index in [2.05, 4.69) is 0 Å². The molecule has 1 aliphatic rings. The van der Waals surface area contributed by atoms with Crippen LogP contribution in [0, 0.1) is 11.6 Å². The summed E-state index contributed by atoms with van der Waals surface area (Å²) in [6.45, 7) is 3.73. The number of benzene rings is 3. The van der Waals surface area contributed by atoms with E-state index in [1.54, 1.807) is 28.9 Å². The number of halogens is 2. The molecule has 0 saturated carbocycles. The highest BCUT2D eigenvalue weighted by Crippen LogP contribution is 2.43. The monoisotopic (exact) mass is 434 g/mol. The average Bonchev–Trinajstić information content (AvgIpc) is 2.80. The minimum Gasteiger partial charge on any atom is -0.305 e. The van der Waals surface area contributed by atoms with Crippen molar-refractivity contribution in [1.82, 2.24) is 0 Å². The van der Waals surface area contributed by atoms with Gasteiger partial charge in [-0.2, -0.15) is 0 Å². The SMILES string of the molecule is CCC(=O)N(c1ccc(F)cc1)[C@H]1C[C@@H](C)N(C(=O)c2ccc(F)cc2)c2ccccc21. The van der Waals surface area contributed by atoms with E-state index in [0.717, 1.165) is 5.56 Å². The van der Waals surface area contributed by atoms with Crippen LogP contribution >= 0.6 is 0 Å². The number of para-hydroxylation sites is 1. The van der Waals surface area contributed by atoms with Gasteiger partial charge in [0.15, 0.2) is 0 Å². The van der Waals surface area contributed by atoms with E-state index in [1.165, 1.54) is 36.4 Å². The van der Waals surface area contributed by atoms with Crippen molar-refractivity contribution < 1.29 is 18.4 Å². The van der Waals surface area contributed by atoms with Crippen LogP contribution in [0.5, 0.6) is 0 Å². The molecule has 0 spiro atoms. The van der Waals surface area contributed by atoms with Crippen molar-refractivity contribution in [2.24, 2.45) is 0 Å². The second kappa shape index (κ2) is 8.91. The van der Waals surface area contributed by atoms with Gasteiger partial charge in [-0.25, -0.2) is 8.78 Å². The number of hydrogen-bond donors (Lipinski definition) is 0. The summed E-state index contributed by atoms with van der Waals surface area (Å²) in [6.07, 6.45) is 0.801. The van der Waals surface area contributed by atoms with Crippen molar-refractivity contribution in [3.05, 3.63) is 95.6 Å². The number of anilines is 2. The highest BCUT2D eigenvalue weighted by Gasteiger charge is 2.38. The molecule has 4 rings (SSSR count). The Morgan fingerprint density at radius 3 is 2.16 bits per heavy atom. The molecule has 0 N–H and O–H groups in total. The zero-order valence-electron chi connectivity index (χ0n) is 18.0. The molecule has 2 atom stereocenters. The Morgan fingerprint density at radius 1 is 0.938 bits per heavy atom. The minimum absolute atomic E-state index is 0.0816. The third-order valence-electron chi connectivity index (χ3n) is 5.86. The van der Waals surface area contributed by atoms with Gasteiger partial charge in [0, 0.05) is 29.4 Å². The molecule has 0 aliphatic carbocycles. The molecule has 2 amide bonds. The molecule has 32 heavy (non-hydrogen) atoms. The van der Waals surface area contributed by atoms with E-state index in [-0.39, 0.29) is 29.7 Å². The summed E-state index contributed by atoms with van der Waals surface area (Å²) in [5.41, 5.74) is 2.56. The molecule has 6 heteroatoms. The number of amides is 2. The molecule has 0 bridgehead atoms. The summed E-state index contributed by atoms with van der Waals surface area (Å²) in [4.78, 5) is 29.7. The summed E-state index contributed by atoms with van der Waals surface area (Å²) in [5.74, 6) is -1.08. The van der Waals surface area contributed by atoms with Gasteiger partial charge in [0.05, 0.1) is 6.04 Å². The van der Waals surface area contributed by atoms with Gasteiger partial charge in [0.1, 0.15) is 11.6 Å². The molecule has 3 aromatic carbocycles. The number of carbonyl (C=O) groups is 2. The second-order valence-corrected chi connectivity index (χ2v) is 7.94. The predicted molar refractivity (Wildman–Crippen MR) is 121 cm³/mol. The van der Waals surface area contributed by atoms with E-state index in [4.69, 9.17) is 0 Å². The number of fused-ring (bicyclic) bond motifs is 1. The van der Waals surface area contributed by atoms with Crippen LogP contribution in [-0.4, -0.2) is 17.9 Å². The van der Waals surface area contributed by atoms with Crippen LogP contribution in [0.1, 0.15) is 48.7 Å². The minimum atomic E-state index is -0.401. The summed E-state index contributed by atoms with van der Waals surface area (Å²) in [7, 11) is 0. The highest BCUT2D eigenvalue weighted by atomic mass is 19.1. The molecule has 3 aromatic rings. The zero-order chi connectivity index (χ0) is 22.8. The maximum Gasteiger partial charge on any atom is 0.258 e. The summed E-state index contributed by atoms with van der Waals surface area (Å²) in [5, 5.41) is 0. The van der Waals surface area contributed by atoms with Crippen molar-refractivity contribution in [3.63, 3.8) is 0 Å². The molecule has 0 fully saturated rings. The standard InChI is InChI=1S/C26H24F2N2O2/c1-3-25(31)30(21-14-12-20(28)13-15-21)24-16-17(2)29(23-7-5-4-6-22(23)24)26(32)18-8-10-19(27)11-9-18/h4-15,17,24H,3,16H2,1-2H3/t17-,24+/m1/s1. The molecule has 0 unspecified atom stereocenters. The van der Waals surface area contributed by atoms with Gasteiger partial charge >= 0.3 is 0 Å². The lowest BCUT2D eigenvalue weighted by molar-refractivity contribution is -0.118. The van der Waals surface area contributed by atoms with Crippen molar-refractivity contribution >= 4 is 23.2 Å². The van der Waals surface area contributed by atoms with Crippen LogP contribution in [0.2, 0.25) is 0 Å². The van der Waals surface area contributed by atoms with E-state index in [9.17, 15) is 18.4 Å². The van der Waals surface area contributed by atoms with E-state index in [1.807, 2.05) is 31.2 Å². The lowest BCUT2D eigenvalue weighted by Crippen LogP contribution is -2.47. The van der Waals surface area contributed by atoms with Gasteiger partial charge < -0.3 is 9.80 Å². The number of hydrogen-bond acceptors (Lipinski definition) is 2. The van der Waals surface area contributed by atoms with Crippen LogP contribution < -0.4 is 9.80 Å². The first kappa shape index (κ1) is 21.7. The van der Waals surface area contributed by atoms with Crippen molar-refractivity contribution in [2.45, 2.75) is 38.8 Å². The van der Waals surface area contributed by atoms with Gasteiger partial charge in [0.2, 0.25) is 5.91 Å². The first-order valence-electron chi connectivity index (χ1n) is 10.7. The van der Waals surface area contributed by atoms with Gasteiger partial charge in [-0.1, -0.05) is 25.1 Å². The van der Waals surface area contributed by atoms with Crippen molar-refractivity contribution in [1.29, 1.82) is 0 Å². The number of rotatable bonds is 4. The van der Waals surface area contributed by atoms with Crippen LogP contribution in [-0.2, 0) is 4.79 Å². The Morgan fingerprint density at radius 2 is 1.53 bits per heavy atom. The molecule has 4 nitrogen and oxygen atoms in total. The lowest BCUT2D eigenvalue weighted by Gasteiger charge is -2.43. The normalized spacial score (nSPS) is 17.6. The van der Waals surface area contributed by atoms with Gasteiger partial charge in [-0.05, 0) is 73.5 Å². The number of carbonyl (C=O) groups excluding carboxylic acids is 2. The maximum absolute atomic E-state index is 13.5. The second-order valence-electron chi connectivity index (χ2n) is 7.94. The lowest BCUT2D eigenvalue weighted by atomic mass is 9.89. The third kappa shape index (κ3) is 4.00. The van der Waals surface area contributed by atoms with Gasteiger partial charge in [0.25, 0.3) is 5.91 Å². The van der Waals surface area contributed by atoms with Crippen LogP contribution in [0.25, 0.3) is 0 Å². The van der Waals surface area contributed by atoms with Gasteiger partial charge in [-0.3, -0.25) is 9.59 Å². The average molecular weight is 434 g/mol. The largest absolute Gasteiger partial charge is 0.305 e. The van der Waals surface area contributed by atoms with Gasteiger partial charge in [-0.15, -0.1) is 0 Å². The Balaban J connectivity index is 1.78. The van der Waals surface area contributed by atoms with E-state index < -0.39 is 5.82 Å². The Hall–Kier alpha value is -3.54. The van der Waals surface area contributed by atoms with E-state index in [0.29, 0.717) is 29.8 Å². The first-order chi connectivity index (χ1) is 15.4. The Kier molecular flexibility index (Phi) is 6.04. The Labute approximate surface area is 186 Å². The Bertz CT molecular complexity index is 1130. The molecule has 1 aliphatic heterocycles. The van der Waals surface area contributed by atoms with Crippen molar-refractivity contribution in [2.75, 3.05) is 9.80 Å². The highest BCUT2D eigenvalue weighted by molar-refractivity contribution is 6.07. The fourth-order valence-electron chi connectivity index (χ4n) is 4.34. The predicted octanol–water partition coefficient (Wildman–Crippen LogP) is 5.89. The fraction of sp³-hybridized carbons (Fsp3) is 0.231. The summed E-state index contributed by atoms with van der Waals surface area (Å²) < 4.78 is 26.9. The van der Waals surface area contributed by atoms with Crippen LogP contribution in [0.3, 0.4) is 0 Å². The molecular weight excluding hydrogens is 410 g/mol. The molecule has 0 saturated heterocycles. The fourth-order valence-corrected chi connectivity index (χ4v) is 4.34. The zero-order valence-corrected chi connectivity index (χ0v) is 18.0. The molecule has 0 aromatic heterocycles. The maximum atomic E-state index is 13.5. The summed E-state index contributed by atoms with van der Waals surface area (Å²) in [6, 6.07) is 18.4. The third-order valence-corrected chi connectivity index (χ3v) is 5.86. The van der Waals surface area contributed by atoms with Crippen molar-refractivity contribution in [3.8, 4) is 0 Å². The molecule has 1 heterocycles. The molecule has 164 valence electrons. The molecular formula is C26H24F2N2O2. The quantitative estimate of drug-likeness (QED) is 0.514. The topological polar surface area (TPSA) is 40.6 Å². The van der Waals surface area contributed by atoms with E-state index >= 15 is 0 Å². The van der Waals surface area contributed by atoms with Crippen LogP contribution in [0.15, 0.2) is 72.8 Å². The smallest absolute Gasteiger partial charge is 0.258 e. The van der Waals surface area contributed by atoms with Crippen LogP contribution in [0.4, 0.5) is 20.2 Å². The summed E-state index contributed by atoms with van der Waals surface area (Å²) >= 11 is 0. The molecule has 0 radical (unpaired) electrons. The first-order valence-corrected chi connectivity index (χ1v) is 10.7. The number of nitrogens with zero attached hydrogens (tertiary/aromatic N) is 2.